The monoisotopic (exact) mass is 234 g/mol. The number of carboxylic acids is 1. The van der Waals surface area contributed by atoms with E-state index in [1.54, 1.807) is 10.6 Å². The molecule has 0 aliphatic heterocycles. The topological polar surface area (TPSA) is 107 Å². The number of aromatic nitrogens is 4. The summed E-state index contributed by atoms with van der Waals surface area (Å²) in [4.78, 5) is 18.4. The summed E-state index contributed by atoms with van der Waals surface area (Å²) in [6, 6.07) is 0. The number of rotatable bonds is 3. The molecular weight excluding hydrogens is 228 g/mol. The molecule has 17 heavy (non-hydrogen) atoms. The molecule has 0 spiro atoms. The zero-order valence-corrected chi connectivity index (χ0v) is 8.40. The van der Waals surface area contributed by atoms with Crippen molar-refractivity contribution < 1.29 is 18.8 Å². The van der Waals surface area contributed by atoms with Gasteiger partial charge in [0.1, 0.15) is 18.4 Å². The highest BCUT2D eigenvalue weighted by atomic mass is 16.5. The number of aliphatic carboxylic acids is 1. The zero-order valence-electron chi connectivity index (χ0n) is 8.40. The van der Waals surface area contributed by atoms with Crippen LogP contribution in [-0.2, 0) is 11.2 Å². The minimum atomic E-state index is -1.03. The van der Waals surface area contributed by atoms with Crippen molar-refractivity contribution in [3.05, 3.63) is 24.5 Å². The van der Waals surface area contributed by atoms with Gasteiger partial charge < -0.3 is 14.0 Å². The molecule has 0 amide bonds. The van der Waals surface area contributed by atoms with Gasteiger partial charge in [0, 0.05) is 6.20 Å². The Morgan fingerprint density at radius 2 is 2.41 bits per heavy atom. The molecule has 0 aliphatic carbocycles. The Labute approximate surface area is 93.5 Å². The van der Waals surface area contributed by atoms with E-state index in [-0.39, 0.29) is 18.1 Å². The molecule has 8 heteroatoms. The van der Waals surface area contributed by atoms with Crippen LogP contribution in [0, 0.1) is 0 Å². The average Bonchev–Trinajstić information content (AvgIpc) is 2.89. The highest BCUT2D eigenvalue weighted by Crippen LogP contribution is 2.18. The van der Waals surface area contributed by atoms with Crippen LogP contribution in [0.15, 0.2) is 27.6 Å². The quantitative estimate of drug-likeness (QED) is 0.707. The van der Waals surface area contributed by atoms with Crippen molar-refractivity contribution in [3.63, 3.8) is 0 Å². The number of hydrogen-bond donors (Lipinski definition) is 1. The van der Waals surface area contributed by atoms with Crippen LogP contribution in [0.5, 0.6) is 0 Å². The van der Waals surface area contributed by atoms with Crippen molar-refractivity contribution >= 4 is 11.8 Å². The van der Waals surface area contributed by atoms with E-state index in [0.29, 0.717) is 11.5 Å². The standard InChI is InChI=1S/C9H6N4O4/c14-7(15)3-6-11-8(12-17-6)5-4-10-9-13(5)1-2-16-9/h1-2,4H,3H2,(H,14,15). The molecule has 0 aliphatic rings. The van der Waals surface area contributed by atoms with Crippen molar-refractivity contribution in [2.75, 3.05) is 0 Å². The third-order valence-electron chi connectivity index (χ3n) is 2.15. The van der Waals surface area contributed by atoms with Crippen molar-refractivity contribution in [2.24, 2.45) is 0 Å². The molecular formula is C9H6N4O4. The number of oxazole rings is 1. The van der Waals surface area contributed by atoms with Gasteiger partial charge in [-0.05, 0) is 0 Å². The predicted molar refractivity (Wildman–Crippen MR) is 52.1 cm³/mol. The van der Waals surface area contributed by atoms with E-state index in [1.165, 1.54) is 12.5 Å². The molecule has 0 saturated heterocycles. The summed E-state index contributed by atoms with van der Waals surface area (Å²) in [6.45, 7) is 0. The van der Waals surface area contributed by atoms with Crippen LogP contribution in [0.25, 0.3) is 17.4 Å². The molecule has 3 aromatic heterocycles. The lowest BCUT2D eigenvalue weighted by atomic mass is 10.4. The van der Waals surface area contributed by atoms with E-state index in [9.17, 15) is 4.79 Å². The first-order valence-corrected chi connectivity index (χ1v) is 4.69. The maximum atomic E-state index is 10.5. The number of carboxylic acid groups (broad SMARTS) is 1. The van der Waals surface area contributed by atoms with E-state index < -0.39 is 5.97 Å². The maximum absolute atomic E-state index is 10.5. The molecule has 0 unspecified atom stereocenters. The summed E-state index contributed by atoms with van der Waals surface area (Å²) < 4.78 is 11.5. The second-order valence-corrected chi connectivity index (χ2v) is 3.28. The van der Waals surface area contributed by atoms with Crippen LogP contribution in [0.4, 0.5) is 0 Å². The molecule has 8 nitrogen and oxygen atoms in total. The molecule has 0 aromatic carbocycles. The lowest BCUT2D eigenvalue weighted by Crippen LogP contribution is -1.99. The SMILES string of the molecule is O=C(O)Cc1nc(-c2cnc3occn23)no1. The fourth-order valence-corrected chi connectivity index (χ4v) is 1.45. The average molecular weight is 234 g/mol. The van der Waals surface area contributed by atoms with E-state index in [4.69, 9.17) is 14.0 Å². The Hall–Kier alpha value is -2.64. The van der Waals surface area contributed by atoms with Crippen LogP contribution in [0.1, 0.15) is 5.89 Å². The third-order valence-corrected chi connectivity index (χ3v) is 2.15. The Bertz CT molecular complexity index is 680. The Morgan fingerprint density at radius 3 is 3.24 bits per heavy atom. The fraction of sp³-hybridized carbons (Fsp3) is 0.111. The fourth-order valence-electron chi connectivity index (χ4n) is 1.45. The van der Waals surface area contributed by atoms with Gasteiger partial charge in [0.15, 0.2) is 0 Å². The van der Waals surface area contributed by atoms with E-state index >= 15 is 0 Å². The summed E-state index contributed by atoms with van der Waals surface area (Å²) in [7, 11) is 0. The van der Waals surface area contributed by atoms with Gasteiger partial charge in [-0.15, -0.1) is 0 Å². The van der Waals surface area contributed by atoms with Crippen molar-refractivity contribution in [3.8, 4) is 11.5 Å². The molecule has 0 atom stereocenters. The largest absolute Gasteiger partial charge is 0.481 e. The van der Waals surface area contributed by atoms with Gasteiger partial charge in [0.25, 0.3) is 0 Å². The zero-order chi connectivity index (χ0) is 11.8. The van der Waals surface area contributed by atoms with E-state index in [1.807, 2.05) is 0 Å². The summed E-state index contributed by atoms with van der Waals surface area (Å²) >= 11 is 0. The summed E-state index contributed by atoms with van der Waals surface area (Å²) in [5, 5.41) is 12.3. The first-order chi connectivity index (χ1) is 8.24. The highest BCUT2D eigenvalue weighted by Gasteiger charge is 2.15. The summed E-state index contributed by atoms with van der Waals surface area (Å²) in [6.07, 6.45) is 4.35. The number of imidazole rings is 1. The number of fused-ring (bicyclic) bond motifs is 1. The molecule has 1 N–H and O–H groups in total. The van der Waals surface area contributed by atoms with Crippen LogP contribution in [-0.4, -0.2) is 30.6 Å². The Morgan fingerprint density at radius 1 is 1.53 bits per heavy atom. The summed E-state index contributed by atoms with van der Waals surface area (Å²) in [5.41, 5.74) is 0.578. The summed E-state index contributed by atoms with van der Waals surface area (Å²) in [5.74, 6) is -0.298. The van der Waals surface area contributed by atoms with Crippen LogP contribution in [0.2, 0.25) is 0 Å². The van der Waals surface area contributed by atoms with Gasteiger partial charge in [0.05, 0.1) is 6.20 Å². The minimum absolute atomic E-state index is 0.0472. The van der Waals surface area contributed by atoms with Gasteiger partial charge in [0.2, 0.25) is 11.7 Å². The predicted octanol–water partition coefficient (Wildman–Crippen LogP) is 0.604. The molecule has 0 radical (unpaired) electrons. The van der Waals surface area contributed by atoms with Crippen molar-refractivity contribution in [2.45, 2.75) is 6.42 Å². The smallest absolute Gasteiger partial charge is 0.312 e. The van der Waals surface area contributed by atoms with E-state index in [0.717, 1.165) is 0 Å². The molecule has 86 valence electrons. The van der Waals surface area contributed by atoms with Crippen molar-refractivity contribution in [1.82, 2.24) is 19.5 Å². The van der Waals surface area contributed by atoms with Crippen LogP contribution >= 0.6 is 0 Å². The number of nitrogens with zero attached hydrogens (tertiary/aromatic N) is 4. The Kier molecular flexibility index (Phi) is 1.94. The molecule has 3 aromatic rings. The van der Waals surface area contributed by atoms with Gasteiger partial charge >= 0.3 is 11.8 Å². The second-order valence-electron chi connectivity index (χ2n) is 3.28. The van der Waals surface area contributed by atoms with Gasteiger partial charge in [-0.3, -0.25) is 9.20 Å². The first kappa shape index (κ1) is 9.58. The molecule has 0 bridgehead atoms. The van der Waals surface area contributed by atoms with Gasteiger partial charge in [-0.25, -0.2) is 4.98 Å². The highest BCUT2D eigenvalue weighted by molar-refractivity contribution is 5.69. The molecule has 3 heterocycles. The van der Waals surface area contributed by atoms with E-state index in [2.05, 4.69) is 15.1 Å². The lowest BCUT2D eigenvalue weighted by Gasteiger charge is -1.87. The second kappa shape index (κ2) is 3.44. The third kappa shape index (κ3) is 1.55. The molecule has 0 fully saturated rings. The van der Waals surface area contributed by atoms with Crippen LogP contribution < -0.4 is 0 Å². The van der Waals surface area contributed by atoms with Gasteiger partial charge in [-0.1, -0.05) is 5.16 Å². The Balaban J connectivity index is 2.02. The lowest BCUT2D eigenvalue weighted by molar-refractivity contribution is -0.136. The maximum Gasteiger partial charge on any atom is 0.312 e. The van der Waals surface area contributed by atoms with Crippen LogP contribution in [0.3, 0.4) is 0 Å². The number of carbonyl (C=O) groups is 1. The first-order valence-electron chi connectivity index (χ1n) is 4.69. The molecule has 3 rings (SSSR count). The van der Waals surface area contributed by atoms with Crippen molar-refractivity contribution in [1.29, 1.82) is 0 Å². The number of hydrogen-bond acceptors (Lipinski definition) is 6. The normalized spacial score (nSPS) is 11.1. The minimum Gasteiger partial charge on any atom is -0.481 e. The molecule has 0 saturated carbocycles. The van der Waals surface area contributed by atoms with Gasteiger partial charge in [-0.2, -0.15) is 4.98 Å².